The Bertz CT molecular complexity index is 889. The summed E-state index contributed by atoms with van der Waals surface area (Å²) in [5.41, 5.74) is 2.49. The molecule has 0 aromatic heterocycles. The zero-order chi connectivity index (χ0) is 13.4. The maximum atomic E-state index is 3.06. The molecule has 0 saturated carbocycles. The molecular weight excluding hydrogens is 240 g/mol. The predicted molar refractivity (Wildman–Crippen MR) is 85.7 cm³/mol. The van der Waals surface area contributed by atoms with E-state index in [1.807, 2.05) is 12.1 Å². The summed E-state index contributed by atoms with van der Waals surface area (Å²) < 4.78 is 0. The molecule has 4 aromatic carbocycles. The van der Waals surface area contributed by atoms with Gasteiger partial charge in [-0.2, -0.15) is 0 Å². The van der Waals surface area contributed by atoms with Crippen molar-refractivity contribution in [3.05, 3.63) is 84.9 Å². The van der Waals surface area contributed by atoms with Gasteiger partial charge in [-0.15, -0.1) is 0 Å². The van der Waals surface area contributed by atoms with Crippen LogP contribution in [0.15, 0.2) is 78.9 Å². The molecule has 0 saturated heterocycles. The van der Waals surface area contributed by atoms with E-state index in [9.17, 15) is 0 Å². The highest BCUT2D eigenvalue weighted by Crippen LogP contribution is 2.27. The second-order valence-corrected chi connectivity index (χ2v) is 5.05. The lowest BCUT2D eigenvalue weighted by Gasteiger charge is -2.06. The fourth-order valence-corrected chi connectivity index (χ4v) is 2.70. The van der Waals surface area contributed by atoms with Crippen molar-refractivity contribution >= 4 is 21.5 Å². The Labute approximate surface area is 118 Å². The van der Waals surface area contributed by atoms with E-state index in [2.05, 4.69) is 72.8 Å². The lowest BCUT2D eigenvalue weighted by Crippen LogP contribution is -1.80. The maximum absolute atomic E-state index is 3.06. The third kappa shape index (κ3) is 1.86. The summed E-state index contributed by atoms with van der Waals surface area (Å²) in [7, 11) is 0. The van der Waals surface area contributed by atoms with E-state index in [4.69, 9.17) is 0 Å². The highest BCUT2D eigenvalue weighted by atomic mass is 14.1. The summed E-state index contributed by atoms with van der Waals surface area (Å²) in [5, 5.41) is 5.16. The van der Waals surface area contributed by atoms with Crippen LogP contribution in [-0.2, 0) is 0 Å². The quantitative estimate of drug-likeness (QED) is 0.395. The third-order valence-corrected chi connectivity index (χ3v) is 3.76. The van der Waals surface area contributed by atoms with Crippen LogP contribution in [0, 0.1) is 6.07 Å². The van der Waals surface area contributed by atoms with Crippen LogP contribution in [0.2, 0.25) is 0 Å². The van der Waals surface area contributed by atoms with Gasteiger partial charge in [0, 0.05) is 0 Å². The van der Waals surface area contributed by atoms with Gasteiger partial charge in [0.1, 0.15) is 0 Å². The Balaban J connectivity index is 1.97. The summed E-state index contributed by atoms with van der Waals surface area (Å²) in [5.74, 6) is 0. The summed E-state index contributed by atoms with van der Waals surface area (Å²) in [6.07, 6.45) is 0. The van der Waals surface area contributed by atoms with E-state index in [0.717, 1.165) is 0 Å². The predicted octanol–water partition coefficient (Wildman–Crippen LogP) is 5.46. The van der Waals surface area contributed by atoms with Gasteiger partial charge >= 0.3 is 0 Å². The smallest absolute Gasteiger partial charge is 0.0171 e. The number of benzene rings is 4. The molecule has 0 fully saturated rings. The zero-order valence-electron chi connectivity index (χ0n) is 11.0. The van der Waals surface area contributed by atoms with Crippen LogP contribution in [0.4, 0.5) is 0 Å². The summed E-state index contributed by atoms with van der Waals surface area (Å²) >= 11 is 0. The second kappa shape index (κ2) is 4.50. The molecule has 0 nitrogen and oxygen atoms in total. The minimum absolute atomic E-state index is 1.24. The molecule has 93 valence electrons. The first-order chi connectivity index (χ1) is 9.90. The molecule has 4 rings (SSSR count). The zero-order valence-corrected chi connectivity index (χ0v) is 11.0. The molecule has 0 heterocycles. The van der Waals surface area contributed by atoms with Crippen LogP contribution in [0.5, 0.6) is 0 Å². The fraction of sp³-hybridized carbons (Fsp3) is 0. The third-order valence-electron chi connectivity index (χ3n) is 3.76. The van der Waals surface area contributed by atoms with Gasteiger partial charge in [0.2, 0.25) is 0 Å². The molecule has 0 atom stereocenters. The highest BCUT2D eigenvalue weighted by molar-refractivity contribution is 5.99. The van der Waals surface area contributed by atoms with Gasteiger partial charge in [-0.3, -0.25) is 0 Å². The Morgan fingerprint density at radius 2 is 1.15 bits per heavy atom. The van der Waals surface area contributed by atoms with Crippen molar-refractivity contribution in [2.24, 2.45) is 0 Å². The fourth-order valence-electron chi connectivity index (χ4n) is 2.70. The number of hydrogen-bond acceptors (Lipinski definition) is 0. The van der Waals surface area contributed by atoms with Crippen molar-refractivity contribution in [3.8, 4) is 11.1 Å². The average Bonchev–Trinajstić information content (AvgIpc) is 2.53. The summed E-state index contributed by atoms with van der Waals surface area (Å²) in [4.78, 5) is 0. The van der Waals surface area contributed by atoms with Crippen LogP contribution < -0.4 is 0 Å². The Morgan fingerprint density at radius 1 is 0.500 bits per heavy atom. The van der Waals surface area contributed by atoms with Gasteiger partial charge in [-0.1, -0.05) is 60.7 Å². The monoisotopic (exact) mass is 253 g/mol. The molecule has 0 heteroatoms. The molecule has 0 bridgehead atoms. The Morgan fingerprint density at radius 3 is 1.90 bits per heavy atom. The van der Waals surface area contributed by atoms with E-state index in [-0.39, 0.29) is 0 Å². The number of fused-ring (bicyclic) bond motifs is 2. The topological polar surface area (TPSA) is 0 Å². The van der Waals surface area contributed by atoms with Gasteiger partial charge in [0.05, 0.1) is 0 Å². The van der Waals surface area contributed by atoms with Crippen molar-refractivity contribution in [1.29, 1.82) is 0 Å². The Hall–Kier alpha value is -2.60. The van der Waals surface area contributed by atoms with Crippen molar-refractivity contribution in [3.63, 3.8) is 0 Å². The molecule has 0 aliphatic heterocycles. The minimum Gasteiger partial charge on any atom is -0.0616 e. The van der Waals surface area contributed by atoms with E-state index in [1.54, 1.807) is 0 Å². The van der Waals surface area contributed by atoms with Crippen LogP contribution >= 0.6 is 0 Å². The number of rotatable bonds is 1. The van der Waals surface area contributed by atoms with Gasteiger partial charge in [-0.25, -0.2) is 0 Å². The van der Waals surface area contributed by atoms with E-state index in [0.29, 0.717) is 0 Å². The Kier molecular flexibility index (Phi) is 2.53. The molecule has 0 spiro atoms. The average molecular weight is 253 g/mol. The van der Waals surface area contributed by atoms with Crippen molar-refractivity contribution in [1.82, 2.24) is 0 Å². The summed E-state index contributed by atoms with van der Waals surface area (Å²) in [6.45, 7) is 0. The van der Waals surface area contributed by atoms with Crippen molar-refractivity contribution in [2.45, 2.75) is 0 Å². The summed E-state index contributed by atoms with van der Waals surface area (Å²) in [6, 6.07) is 30.9. The van der Waals surface area contributed by atoms with Crippen LogP contribution in [-0.4, -0.2) is 0 Å². The molecule has 4 aromatic rings. The van der Waals surface area contributed by atoms with Gasteiger partial charge in [-0.05, 0) is 56.9 Å². The van der Waals surface area contributed by atoms with E-state index >= 15 is 0 Å². The number of hydrogen-bond donors (Lipinski definition) is 0. The molecule has 1 radical (unpaired) electrons. The van der Waals surface area contributed by atoms with Gasteiger partial charge in [0.15, 0.2) is 0 Å². The second-order valence-electron chi connectivity index (χ2n) is 5.05. The van der Waals surface area contributed by atoms with E-state index in [1.165, 1.54) is 32.7 Å². The van der Waals surface area contributed by atoms with Crippen molar-refractivity contribution in [2.75, 3.05) is 0 Å². The standard InChI is InChI=1S/C20H13/c1-2-6-15(7-3-1)18-10-11-19-12-16-8-4-5-9-17(16)13-20(19)14-18/h2-14H. The minimum atomic E-state index is 1.24. The van der Waals surface area contributed by atoms with Crippen molar-refractivity contribution < 1.29 is 0 Å². The molecule has 0 unspecified atom stereocenters. The van der Waals surface area contributed by atoms with Gasteiger partial charge in [0.25, 0.3) is 0 Å². The van der Waals surface area contributed by atoms with Crippen LogP contribution in [0.25, 0.3) is 32.7 Å². The molecule has 0 aliphatic carbocycles. The normalized spacial score (nSPS) is 11.0. The van der Waals surface area contributed by atoms with Crippen LogP contribution in [0.1, 0.15) is 0 Å². The lowest BCUT2D eigenvalue weighted by atomic mass is 9.99. The molecule has 0 amide bonds. The SMILES string of the molecule is [c]1ccc(-c2ccc3cc4ccccc4cc3c2)cc1. The lowest BCUT2D eigenvalue weighted by molar-refractivity contribution is 1.64. The van der Waals surface area contributed by atoms with Gasteiger partial charge < -0.3 is 0 Å². The molecule has 0 aliphatic rings. The van der Waals surface area contributed by atoms with E-state index < -0.39 is 0 Å². The molecule has 0 N–H and O–H groups in total. The first-order valence-corrected chi connectivity index (χ1v) is 6.79. The van der Waals surface area contributed by atoms with Crippen LogP contribution in [0.3, 0.4) is 0 Å². The largest absolute Gasteiger partial charge is 0.0616 e. The molecule has 20 heavy (non-hydrogen) atoms. The molecular formula is C20H13. The first kappa shape index (κ1) is 11.2. The first-order valence-electron chi connectivity index (χ1n) is 6.79. The highest BCUT2D eigenvalue weighted by Gasteiger charge is 2.01. The maximum Gasteiger partial charge on any atom is -0.0171 e.